The Hall–Kier alpha value is -3.06. The van der Waals surface area contributed by atoms with Crippen LogP contribution in [0.5, 0.6) is 5.75 Å². The second kappa shape index (κ2) is 8.82. The molecule has 10 heteroatoms. The summed E-state index contributed by atoms with van der Waals surface area (Å²) in [5.74, 6) is -0.109. The van der Waals surface area contributed by atoms with Gasteiger partial charge in [-0.15, -0.1) is 0 Å². The Balaban J connectivity index is 1.61. The van der Waals surface area contributed by atoms with E-state index >= 15 is 0 Å². The molecule has 0 bridgehead atoms. The predicted octanol–water partition coefficient (Wildman–Crippen LogP) is 2.91. The van der Waals surface area contributed by atoms with E-state index < -0.39 is 11.5 Å². The summed E-state index contributed by atoms with van der Waals surface area (Å²) in [7, 11) is 1.56. The molecule has 1 aliphatic carbocycles. The molecule has 0 radical (unpaired) electrons. The van der Waals surface area contributed by atoms with E-state index in [0.717, 1.165) is 18.4 Å². The molecule has 0 saturated heterocycles. The average Bonchev–Trinajstić information content (AvgIpc) is 3.58. The number of nitriles is 1. The average molecular weight is 470 g/mol. The predicted molar refractivity (Wildman–Crippen MR) is 124 cm³/mol. The number of nitrogens with zero attached hydrogens (tertiary/aromatic N) is 3. The molecule has 8 nitrogen and oxygen atoms in total. The molecule has 4 rings (SSSR count). The number of aryl methyl sites for hydroxylation is 1. The van der Waals surface area contributed by atoms with Crippen molar-refractivity contribution in [3.05, 3.63) is 68.6 Å². The first-order chi connectivity index (χ1) is 15.4. The standard InChI is InChI=1S/C22H20ClN5O3S/c1-28-19-16(27-18(23)9-17(19)31-12-22(32-25)6-7-22)8-15(21(28)30)20(29)26-11-14-4-2-13(10-24)3-5-14/h2-5,8-9H,6-7,11-12,25H2,1H3,(H,26,29). The van der Waals surface area contributed by atoms with E-state index in [2.05, 4.69) is 10.3 Å². The number of hydrogen-bond acceptors (Lipinski definition) is 7. The Morgan fingerprint density at radius 2 is 2.09 bits per heavy atom. The van der Waals surface area contributed by atoms with E-state index in [0.29, 0.717) is 29.0 Å². The highest BCUT2D eigenvalue weighted by atomic mass is 35.5. The van der Waals surface area contributed by atoms with Gasteiger partial charge in [0.2, 0.25) is 0 Å². The Labute approximate surface area is 193 Å². The summed E-state index contributed by atoms with van der Waals surface area (Å²) in [6.45, 7) is 0.604. The third kappa shape index (κ3) is 4.43. The maximum Gasteiger partial charge on any atom is 0.263 e. The molecule has 1 aromatic carbocycles. The molecule has 2 aromatic heterocycles. The number of amides is 1. The van der Waals surface area contributed by atoms with Gasteiger partial charge >= 0.3 is 0 Å². The van der Waals surface area contributed by atoms with Crippen LogP contribution in [0.25, 0.3) is 11.0 Å². The van der Waals surface area contributed by atoms with Crippen molar-refractivity contribution in [2.75, 3.05) is 6.61 Å². The Morgan fingerprint density at radius 3 is 2.72 bits per heavy atom. The Kier molecular flexibility index (Phi) is 6.11. The summed E-state index contributed by atoms with van der Waals surface area (Å²) in [5, 5.41) is 17.6. The van der Waals surface area contributed by atoms with E-state index in [9.17, 15) is 9.59 Å². The quantitative estimate of drug-likeness (QED) is 0.402. The largest absolute Gasteiger partial charge is 0.490 e. The number of fused-ring (bicyclic) bond motifs is 1. The molecule has 1 amide bonds. The van der Waals surface area contributed by atoms with Crippen LogP contribution < -0.4 is 20.8 Å². The summed E-state index contributed by atoms with van der Waals surface area (Å²) in [4.78, 5) is 30.0. The zero-order chi connectivity index (χ0) is 22.9. The zero-order valence-electron chi connectivity index (χ0n) is 17.2. The number of benzene rings is 1. The van der Waals surface area contributed by atoms with Crippen molar-refractivity contribution in [3.63, 3.8) is 0 Å². The van der Waals surface area contributed by atoms with Crippen LogP contribution in [0.3, 0.4) is 0 Å². The van der Waals surface area contributed by atoms with Gasteiger partial charge in [-0.05, 0) is 36.6 Å². The van der Waals surface area contributed by atoms with E-state index in [4.69, 9.17) is 26.7 Å². The summed E-state index contributed by atoms with van der Waals surface area (Å²) >= 11 is 7.46. The van der Waals surface area contributed by atoms with Crippen molar-refractivity contribution < 1.29 is 9.53 Å². The molecule has 32 heavy (non-hydrogen) atoms. The molecule has 0 spiro atoms. The van der Waals surface area contributed by atoms with Crippen molar-refractivity contribution in [2.45, 2.75) is 24.1 Å². The molecular weight excluding hydrogens is 450 g/mol. The lowest BCUT2D eigenvalue weighted by atomic mass is 10.1. The van der Waals surface area contributed by atoms with Gasteiger partial charge in [0.15, 0.2) is 0 Å². The van der Waals surface area contributed by atoms with Crippen molar-refractivity contribution in [1.29, 1.82) is 5.26 Å². The van der Waals surface area contributed by atoms with Crippen LogP contribution in [0.4, 0.5) is 0 Å². The smallest absolute Gasteiger partial charge is 0.263 e. The fourth-order valence-corrected chi connectivity index (χ4v) is 3.97. The van der Waals surface area contributed by atoms with E-state index in [1.165, 1.54) is 22.6 Å². The lowest BCUT2D eigenvalue weighted by Gasteiger charge is -2.17. The molecule has 1 saturated carbocycles. The van der Waals surface area contributed by atoms with Gasteiger partial charge in [-0.3, -0.25) is 14.7 Å². The number of nitrogens with one attached hydrogen (secondary N) is 1. The molecule has 3 aromatic rings. The highest BCUT2D eigenvalue weighted by molar-refractivity contribution is 7.98. The molecule has 1 fully saturated rings. The number of ether oxygens (including phenoxy) is 1. The molecule has 0 aliphatic heterocycles. The number of aromatic nitrogens is 2. The third-order valence-corrected chi connectivity index (χ3v) is 6.65. The normalized spacial score (nSPS) is 14.1. The first-order valence-corrected chi connectivity index (χ1v) is 11.1. The van der Waals surface area contributed by atoms with Crippen molar-refractivity contribution in [1.82, 2.24) is 14.9 Å². The summed E-state index contributed by atoms with van der Waals surface area (Å²) in [6, 6.07) is 11.8. The molecule has 0 unspecified atom stereocenters. The maximum absolute atomic E-state index is 13.0. The number of nitrogens with two attached hydrogens (primary N) is 1. The minimum Gasteiger partial charge on any atom is -0.490 e. The van der Waals surface area contributed by atoms with E-state index in [1.807, 2.05) is 6.07 Å². The van der Waals surface area contributed by atoms with Crippen molar-refractivity contribution in [2.24, 2.45) is 12.2 Å². The Morgan fingerprint density at radius 1 is 1.38 bits per heavy atom. The summed E-state index contributed by atoms with van der Waals surface area (Å²) in [5.41, 5.74) is 1.65. The van der Waals surface area contributed by atoms with Crippen LogP contribution in [0.2, 0.25) is 5.15 Å². The van der Waals surface area contributed by atoms with Crippen LogP contribution in [0.1, 0.15) is 34.3 Å². The van der Waals surface area contributed by atoms with Crippen molar-refractivity contribution in [3.8, 4) is 11.8 Å². The van der Waals surface area contributed by atoms with Gasteiger partial charge < -0.3 is 14.6 Å². The molecule has 164 valence electrons. The van der Waals surface area contributed by atoms with Crippen LogP contribution >= 0.6 is 23.5 Å². The number of carbonyl (C=O) groups excluding carboxylic acids is 1. The lowest BCUT2D eigenvalue weighted by molar-refractivity contribution is 0.0949. The molecule has 0 atom stereocenters. The van der Waals surface area contributed by atoms with Gasteiger partial charge in [-0.25, -0.2) is 4.98 Å². The second-order valence-corrected chi connectivity index (χ2v) is 9.17. The fourth-order valence-electron chi connectivity index (χ4n) is 3.31. The molecule has 3 N–H and O–H groups in total. The van der Waals surface area contributed by atoms with Crippen LogP contribution in [-0.2, 0) is 13.6 Å². The number of carbonyl (C=O) groups is 1. The van der Waals surface area contributed by atoms with Gasteiger partial charge in [0.25, 0.3) is 11.5 Å². The number of hydrogen-bond donors (Lipinski definition) is 2. The van der Waals surface area contributed by atoms with Gasteiger partial charge in [0.1, 0.15) is 28.6 Å². The number of halogens is 1. The van der Waals surface area contributed by atoms with Gasteiger partial charge in [0.05, 0.1) is 21.9 Å². The highest BCUT2D eigenvalue weighted by Crippen LogP contribution is 2.46. The van der Waals surface area contributed by atoms with Gasteiger partial charge in [-0.2, -0.15) is 5.26 Å². The maximum atomic E-state index is 13.0. The van der Waals surface area contributed by atoms with Crippen LogP contribution in [-0.4, -0.2) is 26.8 Å². The highest BCUT2D eigenvalue weighted by Gasteiger charge is 2.44. The number of pyridine rings is 2. The lowest BCUT2D eigenvalue weighted by Crippen LogP contribution is -2.32. The van der Waals surface area contributed by atoms with Gasteiger partial charge in [-0.1, -0.05) is 35.7 Å². The topological polar surface area (TPSA) is 123 Å². The van der Waals surface area contributed by atoms with E-state index in [1.54, 1.807) is 37.4 Å². The van der Waals surface area contributed by atoms with Gasteiger partial charge in [0, 0.05) is 19.7 Å². The van der Waals surface area contributed by atoms with Crippen LogP contribution in [0.15, 0.2) is 41.2 Å². The third-order valence-electron chi connectivity index (χ3n) is 5.43. The second-order valence-electron chi connectivity index (χ2n) is 7.68. The number of rotatable bonds is 7. The SMILES string of the molecule is Cn1c(=O)c(C(=O)NCc2ccc(C#N)cc2)cc2nc(Cl)cc(OCC3(SN)CC3)c21. The minimum atomic E-state index is -0.530. The first-order valence-electron chi connectivity index (χ1n) is 9.84. The molecule has 1 aliphatic rings. The monoisotopic (exact) mass is 469 g/mol. The summed E-state index contributed by atoms with van der Waals surface area (Å²) in [6.07, 6.45) is 1.93. The summed E-state index contributed by atoms with van der Waals surface area (Å²) < 4.78 is 7.21. The molecular formula is C22H20ClN5O3S. The fraction of sp³-hybridized carbons (Fsp3) is 0.273. The Bertz CT molecular complexity index is 1300. The minimum absolute atomic E-state index is 0.0504. The van der Waals surface area contributed by atoms with E-state index in [-0.39, 0.29) is 22.0 Å². The van der Waals surface area contributed by atoms with Crippen molar-refractivity contribution >= 4 is 40.5 Å². The first kappa shape index (κ1) is 22.1. The van der Waals surface area contributed by atoms with Crippen LogP contribution in [0, 0.1) is 11.3 Å². The zero-order valence-corrected chi connectivity index (χ0v) is 18.8. The molecule has 2 heterocycles.